The van der Waals surface area contributed by atoms with E-state index in [1.807, 2.05) is 0 Å². The fourth-order valence-corrected chi connectivity index (χ4v) is 1.05. The average molecular weight is 246 g/mol. The van der Waals surface area contributed by atoms with Gasteiger partial charge >= 0.3 is 12.0 Å². The van der Waals surface area contributed by atoms with Gasteiger partial charge in [0.15, 0.2) is 0 Å². The van der Waals surface area contributed by atoms with Gasteiger partial charge in [0.05, 0.1) is 6.42 Å². The first kappa shape index (κ1) is 15.4. The number of carbonyl (C=O) groups is 3. The number of carbonyl (C=O) groups excluding carboxylic acids is 2. The lowest BCUT2D eigenvalue weighted by Gasteiger charge is -2.16. The van der Waals surface area contributed by atoms with Gasteiger partial charge in [-0.3, -0.25) is 14.9 Å². The predicted molar refractivity (Wildman–Crippen MR) is 59.5 cm³/mol. The molecule has 0 saturated carbocycles. The fraction of sp³-hybridized carbons (Fsp3) is 0.700. The summed E-state index contributed by atoms with van der Waals surface area (Å²) < 4.78 is 4.83. The number of hydrogen-bond donors (Lipinski definition) is 2. The summed E-state index contributed by atoms with van der Waals surface area (Å²) in [6.07, 6.45) is 0.184. The van der Waals surface area contributed by atoms with E-state index in [1.54, 1.807) is 14.2 Å². The topological polar surface area (TPSA) is 95.9 Å². The Morgan fingerprint density at radius 1 is 1.29 bits per heavy atom. The lowest BCUT2D eigenvalue weighted by molar-refractivity contribution is -0.138. The van der Waals surface area contributed by atoms with Gasteiger partial charge < -0.3 is 14.7 Å². The normalized spacial score (nSPS) is 9.76. The van der Waals surface area contributed by atoms with Crippen LogP contribution in [0.4, 0.5) is 4.79 Å². The van der Waals surface area contributed by atoms with Gasteiger partial charge in [-0.1, -0.05) is 0 Å². The standard InChI is InChI=1S/C10H18N2O5/c1-12(6-3-7-17-2)10(16)11-8(13)4-5-9(14)15/h3-7H2,1-2H3,(H,14,15)(H,11,13,16). The van der Waals surface area contributed by atoms with E-state index in [1.165, 1.54) is 4.90 Å². The Bertz CT molecular complexity index is 280. The zero-order chi connectivity index (χ0) is 13.3. The third-order valence-electron chi connectivity index (χ3n) is 2.00. The minimum atomic E-state index is -1.07. The molecule has 0 aliphatic rings. The Hall–Kier alpha value is -1.63. The monoisotopic (exact) mass is 246 g/mol. The van der Waals surface area contributed by atoms with Crippen molar-refractivity contribution in [2.45, 2.75) is 19.3 Å². The van der Waals surface area contributed by atoms with Gasteiger partial charge in [0.25, 0.3) is 0 Å². The minimum absolute atomic E-state index is 0.201. The summed E-state index contributed by atoms with van der Waals surface area (Å²) in [7, 11) is 3.12. The van der Waals surface area contributed by atoms with Gasteiger partial charge in [-0.25, -0.2) is 4.79 Å². The number of carboxylic acid groups (broad SMARTS) is 1. The summed E-state index contributed by atoms with van der Waals surface area (Å²) in [5.41, 5.74) is 0. The van der Waals surface area contributed by atoms with Crippen LogP contribution in [0.1, 0.15) is 19.3 Å². The van der Waals surface area contributed by atoms with Crippen LogP contribution in [-0.4, -0.2) is 55.2 Å². The molecule has 0 saturated heterocycles. The average Bonchev–Trinajstić information content (AvgIpc) is 2.26. The van der Waals surface area contributed by atoms with Crippen molar-refractivity contribution in [3.05, 3.63) is 0 Å². The Balaban J connectivity index is 3.82. The van der Waals surface area contributed by atoms with Crippen LogP contribution in [0.15, 0.2) is 0 Å². The molecule has 7 heteroatoms. The minimum Gasteiger partial charge on any atom is -0.481 e. The summed E-state index contributed by atoms with van der Waals surface area (Å²) in [5, 5.41) is 10.5. The van der Waals surface area contributed by atoms with Gasteiger partial charge in [-0.15, -0.1) is 0 Å². The molecule has 0 rings (SSSR count). The predicted octanol–water partition coefficient (Wildman–Crippen LogP) is 0.0557. The molecule has 17 heavy (non-hydrogen) atoms. The Morgan fingerprint density at radius 3 is 2.47 bits per heavy atom. The van der Waals surface area contributed by atoms with Crippen LogP contribution >= 0.6 is 0 Å². The maximum atomic E-state index is 11.4. The van der Waals surface area contributed by atoms with E-state index in [0.717, 1.165) is 0 Å². The van der Waals surface area contributed by atoms with Crippen LogP contribution < -0.4 is 5.32 Å². The lowest BCUT2D eigenvalue weighted by Crippen LogP contribution is -2.41. The maximum Gasteiger partial charge on any atom is 0.323 e. The summed E-state index contributed by atoms with van der Waals surface area (Å²) >= 11 is 0. The zero-order valence-electron chi connectivity index (χ0n) is 10.1. The number of aliphatic carboxylic acids is 1. The van der Waals surface area contributed by atoms with Crippen LogP contribution in [-0.2, 0) is 14.3 Å². The highest BCUT2D eigenvalue weighted by Gasteiger charge is 2.12. The third-order valence-corrected chi connectivity index (χ3v) is 2.00. The Morgan fingerprint density at radius 2 is 1.94 bits per heavy atom. The number of ether oxygens (including phenoxy) is 1. The largest absolute Gasteiger partial charge is 0.481 e. The van der Waals surface area contributed by atoms with Crippen molar-refractivity contribution in [1.82, 2.24) is 10.2 Å². The van der Waals surface area contributed by atoms with E-state index >= 15 is 0 Å². The molecule has 0 aromatic carbocycles. The molecule has 98 valence electrons. The molecule has 0 bridgehead atoms. The van der Waals surface area contributed by atoms with Crippen molar-refractivity contribution < 1.29 is 24.2 Å². The number of imide groups is 1. The highest BCUT2D eigenvalue weighted by atomic mass is 16.5. The smallest absolute Gasteiger partial charge is 0.323 e. The highest BCUT2D eigenvalue weighted by molar-refractivity contribution is 5.95. The maximum absolute atomic E-state index is 11.4. The molecule has 0 aliphatic heterocycles. The van der Waals surface area contributed by atoms with Crippen molar-refractivity contribution in [2.24, 2.45) is 0 Å². The molecule has 0 fully saturated rings. The van der Waals surface area contributed by atoms with E-state index in [-0.39, 0.29) is 12.8 Å². The quantitative estimate of drug-likeness (QED) is 0.619. The van der Waals surface area contributed by atoms with Crippen LogP contribution in [0.3, 0.4) is 0 Å². The molecule has 3 amide bonds. The molecule has 0 heterocycles. The second-order valence-electron chi connectivity index (χ2n) is 3.51. The van der Waals surface area contributed by atoms with E-state index < -0.39 is 17.9 Å². The molecule has 2 N–H and O–H groups in total. The number of carboxylic acids is 1. The van der Waals surface area contributed by atoms with Crippen LogP contribution in [0.5, 0.6) is 0 Å². The summed E-state index contributed by atoms with van der Waals surface area (Å²) in [6, 6.07) is -0.531. The fourth-order valence-electron chi connectivity index (χ4n) is 1.05. The third kappa shape index (κ3) is 8.21. The molecule has 0 aromatic rings. The first-order chi connectivity index (χ1) is 7.97. The molecule has 0 aliphatic carbocycles. The lowest BCUT2D eigenvalue weighted by atomic mass is 10.3. The first-order valence-electron chi connectivity index (χ1n) is 5.23. The van der Waals surface area contributed by atoms with Gasteiger partial charge in [0.2, 0.25) is 5.91 Å². The molecular formula is C10H18N2O5. The van der Waals surface area contributed by atoms with E-state index in [2.05, 4.69) is 5.32 Å². The summed E-state index contributed by atoms with van der Waals surface area (Å²) in [4.78, 5) is 34.1. The molecule has 7 nitrogen and oxygen atoms in total. The van der Waals surface area contributed by atoms with E-state index in [0.29, 0.717) is 19.6 Å². The number of nitrogens with one attached hydrogen (secondary N) is 1. The Kier molecular flexibility index (Phi) is 7.70. The van der Waals surface area contributed by atoms with Crippen LogP contribution in [0, 0.1) is 0 Å². The van der Waals surface area contributed by atoms with E-state index in [4.69, 9.17) is 9.84 Å². The summed E-state index contributed by atoms with van der Waals surface area (Å²) in [5.74, 6) is -1.66. The highest BCUT2D eigenvalue weighted by Crippen LogP contribution is 1.92. The van der Waals surface area contributed by atoms with Gasteiger partial charge in [-0.05, 0) is 6.42 Å². The van der Waals surface area contributed by atoms with Crippen molar-refractivity contribution in [2.75, 3.05) is 27.3 Å². The van der Waals surface area contributed by atoms with Gasteiger partial charge in [0.1, 0.15) is 0 Å². The summed E-state index contributed by atoms with van der Waals surface area (Å²) in [6.45, 7) is 0.996. The van der Waals surface area contributed by atoms with Gasteiger partial charge in [-0.2, -0.15) is 0 Å². The molecule has 0 atom stereocenters. The van der Waals surface area contributed by atoms with Crippen molar-refractivity contribution in [1.29, 1.82) is 0 Å². The SMILES string of the molecule is COCCCN(C)C(=O)NC(=O)CCC(=O)O. The van der Waals surface area contributed by atoms with Crippen molar-refractivity contribution in [3.63, 3.8) is 0 Å². The molecule has 0 radical (unpaired) electrons. The molecule has 0 aromatic heterocycles. The number of urea groups is 1. The van der Waals surface area contributed by atoms with Crippen LogP contribution in [0.25, 0.3) is 0 Å². The second-order valence-corrected chi connectivity index (χ2v) is 3.51. The van der Waals surface area contributed by atoms with Crippen molar-refractivity contribution in [3.8, 4) is 0 Å². The number of methoxy groups -OCH3 is 1. The van der Waals surface area contributed by atoms with Gasteiger partial charge in [0, 0.05) is 33.7 Å². The second kappa shape index (κ2) is 8.51. The number of nitrogens with zero attached hydrogens (tertiary/aromatic N) is 1. The molecule has 0 unspecified atom stereocenters. The van der Waals surface area contributed by atoms with Crippen LogP contribution in [0.2, 0.25) is 0 Å². The zero-order valence-corrected chi connectivity index (χ0v) is 10.1. The molecular weight excluding hydrogens is 228 g/mol. The molecule has 0 spiro atoms. The number of hydrogen-bond acceptors (Lipinski definition) is 4. The first-order valence-corrected chi connectivity index (χ1v) is 5.23. The Labute approximate surface area is 99.7 Å². The number of rotatable bonds is 7. The van der Waals surface area contributed by atoms with E-state index in [9.17, 15) is 14.4 Å². The van der Waals surface area contributed by atoms with Crippen molar-refractivity contribution >= 4 is 17.9 Å². The number of amides is 3.